The molecule has 1 saturated carbocycles. The van der Waals surface area contributed by atoms with E-state index in [9.17, 15) is 9.90 Å². The minimum atomic E-state index is -1.03. The van der Waals surface area contributed by atoms with Gasteiger partial charge in [-0.25, -0.2) is 0 Å². The molecule has 0 saturated heterocycles. The van der Waals surface area contributed by atoms with E-state index in [0.717, 1.165) is 24.8 Å². The molecule has 1 aromatic rings. The summed E-state index contributed by atoms with van der Waals surface area (Å²) in [6, 6.07) is 7.42. The third-order valence-corrected chi connectivity index (χ3v) is 3.94. The molecule has 0 aromatic heterocycles. The second kappa shape index (κ2) is 5.11. The topological polar surface area (TPSA) is 46.5 Å². The van der Waals surface area contributed by atoms with Gasteiger partial charge in [0.15, 0.2) is 0 Å². The zero-order valence-electron chi connectivity index (χ0n) is 11.0. The molecule has 2 unspecified atom stereocenters. The SMILES string of the molecule is COc1cccc(C2(O)CCCCC2C(C)=O)c1. The maximum Gasteiger partial charge on any atom is 0.136 e. The van der Waals surface area contributed by atoms with Gasteiger partial charge in [0.1, 0.15) is 11.5 Å². The van der Waals surface area contributed by atoms with Crippen LogP contribution in [0, 0.1) is 5.92 Å². The maximum atomic E-state index is 11.8. The van der Waals surface area contributed by atoms with Crippen LogP contribution in [0.3, 0.4) is 0 Å². The Morgan fingerprint density at radius 3 is 2.89 bits per heavy atom. The maximum absolute atomic E-state index is 11.8. The summed E-state index contributed by atoms with van der Waals surface area (Å²) in [5.41, 5.74) is -0.236. The van der Waals surface area contributed by atoms with Crippen LogP contribution in [0.5, 0.6) is 5.75 Å². The Hall–Kier alpha value is -1.35. The molecule has 2 rings (SSSR count). The van der Waals surface area contributed by atoms with Crippen molar-refractivity contribution in [2.45, 2.75) is 38.2 Å². The fourth-order valence-electron chi connectivity index (χ4n) is 2.93. The lowest BCUT2D eigenvalue weighted by atomic mass is 9.70. The van der Waals surface area contributed by atoms with Crippen LogP contribution in [-0.2, 0) is 10.4 Å². The number of carbonyl (C=O) groups is 1. The van der Waals surface area contributed by atoms with Crippen LogP contribution in [0.2, 0.25) is 0 Å². The monoisotopic (exact) mass is 248 g/mol. The molecule has 18 heavy (non-hydrogen) atoms. The summed E-state index contributed by atoms with van der Waals surface area (Å²) in [5, 5.41) is 10.9. The van der Waals surface area contributed by atoms with E-state index in [1.165, 1.54) is 0 Å². The molecule has 3 heteroatoms. The number of hydrogen-bond donors (Lipinski definition) is 1. The summed E-state index contributed by atoms with van der Waals surface area (Å²) in [6.45, 7) is 1.57. The lowest BCUT2D eigenvalue weighted by molar-refractivity contribution is -0.135. The first kappa shape index (κ1) is 13.1. The molecule has 1 aliphatic rings. The van der Waals surface area contributed by atoms with Crippen LogP contribution in [0.4, 0.5) is 0 Å². The van der Waals surface area contributed by atoms with Gasteiger partial charge in [-0.3, -0.25) is 4.79 Å². The van der Waals surface area contributed by atoms with Gasteiger partial charge in [0.2, 0.25) is 0 Å². The van der Waals surface area contributed by atoms with E-state index < -0.39 is 5.60 Å². The molecule has 0 bridgehead atoms. The standard InChI is InChI=1S/C15H20O3/c1-11(16)14-8-3-4-9-15(14,17)12-6-5-7-13(10-12)18-2/h5-7,10,14,17H,3-4,8-9H2,1-2H3. The zero-order valence-corrected chi connectivity index (χ0v) is 11.0. The van der Waals surface area contributed by atoms with Crippen molar-refractivity contribution in [3.63, 3.8) is 0 Å². The normalized spacial score (nSPS) is 27.8. The highest BCUT2D eigenvalue weighted by Gasteiger charge is 2.42. The van der Waals surface area contributed by atoms with Crippen molar-refractivity contribution in [2.75, 3.05) is 7.11 Å². The van der Waals surface area contributed by atoms with Crippen LogP contribution in [0.25, 0.3) is 0 Å². The molecule has 2 atom stereocenters. The highest BCUT2D eigenvalue weighted by atomic mass is 16.5. The summed E-state index contributed by atoms with van der Waals surface area (Å²) in [4.78, 5) is 11.8. The highest BCUT2D eigenvalue weighted by Crippen LogP contribution is 2.42. The minimum absolute atomic E-state index is 0.0695. The fraction of sp³-hybridized carbons (Fsp3) is 0.533. The number of rotatable bonds is 3. The predicted octanol–water partition coefficient (Wildman–Crippen LogP) is 2.66. The second-order valence-electron chi connectivity index (χ2n) is 5.07. The minimum Gasteiger partial charge on any atom is -0.497 e. The Labute approximate surface area is 108 Å². The number of ketones is 1. The smallest absolute Gasteiger partial charge is 0.136 e. The lowest BCUT2D eigenvalue weighted by Crippen LogP contribution is -2.41. The Morgan fingerprint density at radius 2 is 2.22 bits per heavy atom. The summed E-state index contributed by atoms with van der Waals surface area (Å²) < 4.78 is 5.19. The molecule has 1 N–H and O–H groups in total. The van der Waals surface area contributed by atoms with Gasteiger partial charge in [-0.1, -0.05) is 25.0 Å². The number of Topliss-reactive ketones (excluding diaryl/α,β-unsaturated/α-hetero) is 1. The molecular weight excluding hydrogens is 228 g/mol. The number of aliphatic hydroxyl groups is 1. The van der Waals surface area contributed by atoms with Gasteiger partial charge in [-0.15, -0.1) is 0 Å². The number of carbonyl (C=O) groups excluding carboxylic acids is 1. The Morgan fingerprint density at radius 1 is 1.44 bits per heavy atom. The van der Waals surface area contributed by atoms with Gasteiger partial charge in [0.05, 0.1) is 18.6 Å². The zero-order chi connectivity index (χ0) is 13.2. The molecular formula is C15H20O3. The Kier molecular flexibility index (Phi) is 3.71. The highest BCUT2D eigenvalue weighted by molar-refractivity contribution is 5.80. The van der Waals surface area contributed by atoms with Crippen LogP contribution < -0.4 is 4.74 Å². The number of benzene rings is 1. The first-order valence-corrected chi connectivity index (χ1v) is 6.45. The van der Waals surface area contributed by atoms with E-state index in [4.69, 9.17) is 4.74 Å². The van der Waals surface area contributed by atoms with Crippen molar-refractivity contribution in [3.05, 3.63) is 29.8 Å². The summed E-state index contributed by atoms with van der Waals surface area (Å²) >= 11 is 0. The van der Waals surface area contributed by atoms with Gasteiger partial charge in [-0.2, -0.15) is 0 Å². The van der Waals surface area contributed by atoms with Gasteiger partial charge in [-0.05, 0) is 37.5 Å². The molecule has 1 aliphatic carbocycles. The largest absolute Gasteiger partial charge is 0.497 e. The quantitative estimate of drug-likeness (QED) is 0.894. The van der Waals surface area contributed by atoms with E-state index >= 15 is 0 Å². The van der Waals surface area contributed by atoms with Crippen molar-refractivity contribution in [2.24, 2.45) is 5.92 Å². The first-order chi connectivity index (χ1) is 8.58. The molecule has 0 amide bonds. The Bertz CT molecular complexity index is 441. The van der Waals surface area contributed by atoms with Gasteiger partial charge in [0, 0.05) is 0 Å². The molecule has 0 aliphatic heterocycles. The van der Waals surface area contributed by atoms with Crippen molar-refractivity contribution < 1.29 is 14.6 Å². The van der Waals surface area contributed by atoms with E-state index in [1.54, 1.807) is 14.0 Å². The molecule has 0 radical (unpaired) electrons. The second-order valence-corrected chi connectivity index (χ2v) is 5.07. The first-order valence-electron chi connectivity index (χ1n) is 6.45. The third kappa shape index (κ3) is 2.27. The fourth-order valence-corrected chi connectivity index (χ4v) is 2.93. The van der Waals surface area contributed by atoms with Gasteiger partial charge >= 0.3 is 0 Å². The summed E-state index contributed by atoms with van der Waals surface area (Å²) in [5.74, 6) is 0.493. The van der Waals surface area contributed by atoms with Crippen molar-refractivity contribution in [1.82, 2.24) is 0 Å². The molecule has 1 aromatic carbocycles. The lowest BCUT2D eigenvalue weighted by Gasteiger charge is -2.39. The number of hydrogen-bond acceptors (Lipinski definition) is 3. The molecule has 0 spiro atoms. The summed E-state index contributed by atoms with van der Waals surface area (Å²) in [6.07, 6.45) is 3.38. The van der Waals surface area contributed by atoms with Gasteiger partial charge in [0.25, 0.3) is 0 Å². The van der Waals surface area contributed by atoms with Crippen LogP contribution >= 0.6 is 0 Å². The predicted molar refractivity (Wildman–Crippen MR) is 69.5 cm³/mol. The van der Waals surface area contributed by atoms with Gasteiger partial charge < -0.3 is 9.84 Å². The van der Waals surface area contributed by atoms with Crippen LogP contribution in [-0.4, -0.2) is 18.0 Å². The molecule has 0 heterocycles. The molecule has 3 nitrogen and oxygen atoms in total. The van der Waals surface area contributed by atoms with Crippen LogP contribution in [0.1, 0.15) is 38.2 Å². The van der Waals surface area contributed by atoms with E-state index in [2.05, 4.69) is 0 Å². The van der Waals surface area contributed by atoms with Crippen molar-refractivity contribution >= 4 is 5.78 Å². The number of methoxy groups -OCH3 is 1. The average Bonchev–Trinajstić information content (AvgIpc) is 2.39. The number of ether oxygens (including phenoxy) is 1. The van der Waals surface area contributed by atoms with E-state index in [0.29, 0.717) is 12.2 Å². The van der Waals surface area contributed by atoms with Crippen molar-refractivity contribution in [1.29, 1.82) is 0 Å². The van der Waals surface area contributed by atoms with Crippen molar-refractivity contribution in [3.8, 4) is 5.75 Å². The third-order valence-electron chi connectivity index (χ3n) is 3.94. The van der Waals surface area contributed by atoms with Crippen LogP contribution in [0.15, 0.2) is 24.3 Å². The summed E-state index contributed by atoms with van der Waals surface area (Å²) in [7, 11) is 1.60. The van der Waals surface area contributed by atoms with E-state index in [1.807, 2.05) is 24.3 Å². The average molecular weight is 248 g/mol. The Balaban J connectivity index is 2.40. The molecule has 1 fully saturated rings. The molecule has 98 valence electrons. The van der Waals surface area contributed by atoms with E-state index in [-0.39, 0.29) is 11.7 Å².